The molecule has 0 unspecified atom stereocenters. The van der Waals surface area contributed by atoms with Crippen molar-refractivity contribution in [3.8, 4) is 0 Å². The first-order valence-electron chi connectivity index (χ1n) is 3.89. The van der Waals surface area contributed by atoms with E-state index >= 15 is 0 Å². The van der Waals surface area contributed by atoms with E-state index in [1.165, 1.54) is 6.33 Å². The van der Waals surface area contributed by atoms with Gasteiger partial charge in [-0.1, -0.05) is 16.8 Å². The molecule has 2 N–H and O–H groups in total. The maximum Gasteiger partial charge on any atom is 0.411 e. The molecule has 0 saturated heterocycles. The van der Waals surface area contributed by atoms with E-state index in [2.05, 4.69) is 5.29 Å². The lowest BCUT2D eigenvalue weighted by atomic mass is 10.3. The number of imidazole rings is 1. The molecule has 1 amide bonds. The van der Waals surface area contributed by atoms with Crippen LogP contribution in [0.1, 0.15) is 0 Å². The highest BCUT2D eigenvalue weighted by molar-refractivity contribution is 5.86. The monoisotopic (exact) mass is 191 g/mol. The molecule has 6 heteroatoms. The van der Waals surface area contributed by atoms with Crippen molar-refractivity contribution < 1.29 is 9.47 Å². The van der Waals surface area contributed by atoms with Crippen LogP contribution in [0.15, 0.2) is 35.9 Å². The zero-order valence-corrected chi connectivity index (χ0v) is 7.12. The number of primary amides is 1. The molecular weight excluding hydrogens is 184 g/mol. The van der Waals surface area contributed by atoms with Crippen LogP contribution in [0.3, 0.4) is 0 Å². The summed E-state index contributed by atoms with van der Waals surface area (Å²) in [5, 5.41) is 2.74. The maximum absolute atomic E-state index is 11.0. The van der Waals surface area contributed by atoms with E-state index in [4.69, 9.17) is 5.73 Å². The second kappa shape index (κ2) is 2.91. The van der Waals surface area contributed by atoms with Crippen LogP contribution in [0.4, 0.5) is 4.79 Å². The molecule has 0 radical (unpaired) electrons. The van der Waals surface area contributed by atoms with Crippen molar-refractivity contribution in [1.82, 2.24) is 4.57 Å². The first-order chi connectivity index (χ1) is 6.74. The minimum atomic E-state index is -0.649. The third-order valence-corrected chi connectivity index (χ3v) is 1.94. The van der Waals surface area contributed by atoms with Crippen LogP contribution in [0.25, 0.3) is 11.0 Å². The van der Waals surface area contributed by atoms with Gasteiger partial charge in [0, 0.05) is 0 Å². The average molecular weight is 191 g/mol. The van der Waals surface area contributed by atoms with Crippen molar-refractivity contribution in [2.24, 2.45) is 11.0 Å². The van der Waals surface area contributed by atoms with Gasteiger partial charge in [0.15, 0.2) is 10.8 Å². The van der Waals surface area contributed by atoms with Crippen molar-refractivity contribution >= 4 is 17.1 Å². The Kier molecular flexibility index (Phi) is 1.74. The molecule has 0 bridgehead atoms. The fraction of sp³-hybridized carbons (Fsp3) is 0. The normalized spacial score (nSPS) is 10.3. The topological polar surface area (TPSA) is 81.3 Å². The van der Waals surface area contributed by atoms with Gasteiger partial charge in [0.05, 0.1) is 0 Å². The number of nitroso groups, excluding NO2 is 1. The summed E-state index contributed by atoms with van der Waals surface area (Å²) in [6, 6.07) is 6.20. The molecule has 0 aliphatic heterocycles. The SMILES string of the molecule is NC(=O)n1c[n+](N=O)c2ccccc21. The Hall–Kier alpha value is -2.24. The van der Waals surface area contributed by atoms with Gasteiger partial charge in [-0.2, -0.15) is 0 Å². The third kappa shape index (κ3) is 1.05. The van der Waals surface area contributed by atoms with Crippen LogP contribution < -0.4 is 10.4 Å². The Labute approximate surface area is 78.5 Å². The Morgan fingerprint density at radius 3 is 2.79 bits per heavy atom. The highest BCUT2D eigenvalue weighted by atomic mass is 16.3. The average Bonchev–Trinajstić information content (AvgIpc) is 2.56. The van der Waals surface area contributed by atoms with Crippen LogP contribution in [-0.2, 0) is 0 Å². The van der Waals surface area contributed by atoms with Gasteiger partial charge < -0.3 is 5.73 Å². The molecule has 2 aromatic rings. The smallest absolute Gasteiger partial charge is 0.331 e. The predicted molar refractivity (Wildman–Crippen MR) is 48.3 cm³/mol. The van der Waals surface area contributed by atoms with Gasteiger partial charge in [-0.15, -0.1) is 9.47 Å². The summed E-state index contributed by atoms with van der Waals surface area (Å²) in [6.07, 6.45) is 1.25. The molecule has 0 aliphatic rings. The van der Waals surface area contributed by atoms with Crippen molar-refractivity contribution in [1.29, 1.82) is 0 Å². The summed E-state index contributed by atoms with van der Waals surface area (Å²) in [4.78, 5) is 21.4. The Morgan fingerprint density at radius 2 is 2.14 bits per heavy atom. The van der Waals surface area contributed by atoms with Crippen molar-refractivity contribution in [2.45, 2.75) is 0 Å². The summed E-state index contributed by atoms with van der Waals surface area (Å²) in [5.74, 6) is 0. The molecular formula is C8H7N4O2+. The molecule has 0 atom stereocenters. The van der Waals surface area contributed by atoms with E-state index < -0.39 is 6.03 Å². The molecule has 2 rings (SSSR count). The van der Waals surface area contributed by atoms with Gasteiger partial charge in [0.2, 0.25) is 5.52 Å². The summed E-state index contributed by atoms with van der Waals surface area (Å²) in [7, 11) is 0. The molecule has 1 aromatic heterocycles. The number of carbonyl (C=O) groups excluding carboxylic acids is 1. The van der Waals surface area contributed by atoms with Gasteiger partial charge in [-0.3, -0.25) is 0 Å². The highest BCUT2D eigenvalue weighted by Gasteiger charge is 2.19. The van der Waals surface area contributed by atoms with Crippen LogP contribution in [0, 0.1) is 4.91 Å². The molecule has 0 spiro atoms. The highest BCUT2D eigenvalue weighted by Crippen LogP contribution is 2.09. The second-order valence-corrected chi connectivity index (χ2v) is 2.74. The lowest BCUT2D eigenvalue weighted by Gasteiger charge is -1.86. The molecule has 14 heavy (non-hydrogen) atoms. The van der Waals surface area contributed by atoms with Crippen LogP contribution in [0.2, 0.25) is 0 Å². The lowest BCUT2D eigenvalue weighted by molar-refractivity contribution is -0.655. The molecule has 6 nitrogen and oxygen atoms in total. The van der Waals surface area contributed by atoms with Gasteiger partial charge in [-0.25, -0.2) is 4.79 Å². The second-order valence-electron chi connectivity index (χ2n) is 2.74. The third-order valence-electron chi connectivity index (χ3n) is 1.94. The van der Waals surface area contributed by atoms with Crippen molar-refractivity contribution in [3.05, 3.63) is 35.5 Å². The van der Waals surface area contributed by atoms with E-state index in [-0.39, 0.29) is 0 Å². The fourth-order valence-corrected chi connectivity index (χ4v) is 1.34. The number of nitrogens with zero attached hydrogens (tertiary/aromatic N) is 3. The zero-order valence-electron chi connectivity index (χ0n) is 7.12. The van der Waals surface area contributed by atoms with Crippen molar-refractivity contribution in [3.63, 3.8) is 0 Å². The molecule has 1 heterocycles. The van der Waals surface area contributed by atoms with Crippen LogP contribution in [0.5, 0.6) is 0 Å². The van der Waals surface area contributed by atoms with Crippen LogP contribution >= 0.6 is 0 Å². The number of aromatic nitrogens is 2. The van der Waals surface area contributed by atoms with Gasteiger partial charge >= 0.3 is 6.03 Å². The van der Waals surface area contributed by atoms with Gasteiger partial charge in [0.25, 0.3) is 6.33 Å². The van der Waals surface area contributed by atoms with Gasteiger partial charge in [0.1, 0.15) is 0 Å². The minimum Gasteiger partial charge on any atom is -0.331 e. The number of rotatable bonds is 1. The number of amides is 1. The largest absolute Gasteiger partial charge is 0.411 e. The van der Waals surface area contributed by atoms with Crippen LogP contribution in [-0.4, -0.2) is 10.6 Å². The standard InChI is InChI=1S/C8H6N4O2/c9-8(13)11-5-12(10-14)7-4-2-1-3-6(7)11/h1-5H,(H-,9,13)/p+1. The number of hydrogen-bond acceptors (Lipinski definition) is 3. The number of benzene rings is 1. The maximum atomic E-state index is 11.0. The summed E-state index contributed by atoms with van der Waals surface area (Å²) >= 11 is 0. The number of fused-ring (bicyclic) bond motifs is 1. The van der Waals surface area contributed by atoms with E-state index in [1.54, 1.807) is 24.3 Å². The summed E-state index contributed by atoms with van der Waals surface area (Å²) < 4.78 is 2.22. The zero-order chi connectivity index (χ0) is 10.1. The molecule has 0 aliphatic carbocycles. The summed E-state index contributed by atoms with van der Waals surface area (Å²) in [6.45, 7) is 0. The first-order valence-corrected chi connectivity index (χ1v) is 3.89. The van der Waals surface area contributed by atoms with Gasteiger partial charge in [-0.05, 0) is 12.1 Å². The predicted octanol–water partition coefficient (Wildman–Crippen LogP) is 0.385. The molecule has 70 valence electrons. The Morgan fingerprint density at radius 1 is 1.43 bits per heavy atom. The van der Waals surface area contributed by atoms with E-state index in [0.717, 1.165) is 9.24 Å². The summed E-state index contributed by atoms with van der Waals surface area (Å²) in [5.41, 5.74) is 6.21. The number of carbonyl (C=O) groups is 1. The minimum absolute atomic E-state index is 0.543. The lowest BCUT2D eigenvalue weighted by Crippen LogP contribution is -2.26. The number of nitrogens with two attached hydrogens (primary N) is 1. The first kappa shape index (κ1) is 8.36. The van der Waals surface area contributed by atoms with E-state index in [0.29, 0.717) is 11.0 Å². The Bertz CT molecular complexity index is 517. The quantitative estimate of drug-likeness (QED) is 0.522. The number of para-hydroxylation sites is 2. The van der Waals surface area contributed by atoms with Crippen molar-refractivity contribution in [2.75, 3.05) is 0 Å². The molecule has 0 saturated carbocycles. The van der Waals surface area contributed by atoms with E-state index in [9.17, 15) is 9.70 Å². The molecule has 0 fully saturated rings. The van der Waals surface area contributed by atoms with E-state index in [1.807, 2.05) is 0 Å². The number of hydrogen-bond donors (Lipinski definition) is 1. The Balaban J connectivity index is 2.86. The molecule has 1 aromatic carbocycles. The fourth-order valence-electron chi connectivity index (χ4n) is 1.34.